The van der Waals surface area contributed by atoms with E-state index in [0.29, 0.717) is 25.7 Å². The molecule has 0 aromatic heterocycles. The predicted molar refractivity (Wildman–Crippen MR) is 408 cm³/mol. The molecular formula is C81H140O17P2. The minimum atomic E-state index is -4.99. The van der Waals surface area contributed by atoms with Gasteiger partial charge in [0.15, 0.2) is 12.2 Å². The van der Waals surface area contributed by atoms with Crippen molar-refractivity contribution in [1.82, 2.24) is 0 Å². The number of ether oxygens (including phenoxy) is 4. The maximum Gasteiger partial charge on any atom is 0.472 e. The molecule has 0 aliphatic heterocycles. The molecule has 0 spiro atoms. The van der Waals surface area contributed by atoms with E-state index in [4.69, 9.17) is 37.0 Å². The van der Waals surface area contributed by atoms with E-state index in [0.717, 1.165) is 173 Å². The van der Waals surface area contributed by atoms with Crippen molar-refractivity contribution in [3.8, 4) is 0 Å². The summed E-state index contributed by atoms with van der Waals surface area (Å²) in [7, 11) is -9.96. The molecule has 0 aliphatic carbocycles. The van der Waals surface area contributed by atoms with Crippen molar-refractivity contribution in [3.63, 3.8) is 0 Å². The van der Waals surface area contributed by atoms with Crippen molar-refractivity contribution in [2.45, 2.75) is 341 Å². The molecule has 0 aliphatic rings. The lowest BCUT2D eigenvalue weighted by atomic mass is 10.0. The summed E-state index contributed by atoms with van der Waals surface area (Å²) in [5, 5.41) is 10.6. The maximum absolute atomic E-state index is 13.1. The van der Waals surface area contributed by atoms with Gasteiger partial charge in [0, 0.05) is 25.7 Å². The van der Waals surface area contributed by atoms with Crippen LogP contribution in [0.1, 0.15) is 323 Å². The van der Waals surface area contributed by atoms with Gasteiger partial charge in [-0.2, -0.15) is 0 Å². The maximum atomic E-state index is 13.1. The van der Waals surface area contributed by atoms with E-state index in [2.05, 4.69) is 137 Å². The van der Waals surface area contributed by atoms with Gasteiger partial charge in [-0.3, -0.25) is 37.3 Å². The van der Waals surface area contributed by atoms with Gasteiger partial charge in [0.2, 0.25) is 0 Å². The molecule has 0 fully saturated rings. The zero-order valence-electron chi connectivity index (χ0n) is 62.8. The Morgan fingerprint density at radius 3 is 0.820 bits per heavy atom. The normalized spacial score (nSPS) is 14.5. The smallest absolute Gasteiger partial charge is 0.462 e. The van der Waals surface area contributed by atoms with Crippen LogP contribution in [0.5, 0.6) is 0 Å². The number of phosphoric ester groups is 2. The molecular weight excluding hydrogens is 1310 g/mol. The largest absolute Gasteiger partial charge is 0.472 e. The van der Waals surface area contributed by atoms with E-state index in [1.165, 1.54) is 70.6 Å². The first-order valence-electron chi connectivity index (χ1n) is 39.1. The molecule has 0 saturated carbocycles. The Balaban J connectivity index is 5.38. The molecule has 19 heteroatoms. The number of aliphatic hydroxyl groups is 1. The van der Waals surface area contributed by atoms with Crippen molar-refractivity contribution in [2.24, 2.45) is 0 Å². The summed E-state index contributed by atoms with van der Waals surface area (Å²) in [5.41, 5.74) is 0. The molecule has 0 amide bonds. The first-order chi connectivity index (χ1) is 48.7. The Bertz CT molecular complexity index is 2320. The Kier molecular flexibility index (Phi) is 69.9. The minimum absolute atomic E-state index is 0.0723. The van der Waals surface area contributed by atoms with Crippen LogP contribution in [0.4, 0.5) is 0 Å². The Morgan fingerprint density at radius 1 is 0.290 bits per heavy atom. The van der Waals surface area contributed by atoms with Crippen LogP contribution in [-0.2, 0) is 65.4 Å². The molecule has 0 aromatic carbocycles. The number of hydrogen-bond donors (Lipinski definition) is 3. The minimum Gasteiger partial charge on any atom is -0.462 e. The van der Waals surface area contributed by atoms with Crippen LogP contribution < -0.4 is 0 Å². The van der Waals surface area contributed by atoms with Crippen LogP contribution in [0.2, 0.25) is 0 Å². The second kappa shape index (κ2) is 73.0. The molecule has 5 atom stereocenters. The van der Waals surface area contributed by atoms with Crippen LogP contribution in [0.15, 0.2) is 109 Å². The first kappa shape index (κ1) is 95.7. The number of carbonyl (C=O) groups excluding carboxylic acids is 4. The molecule has 5 unspecified atom stereocenters. The molecule has 0 bridgehead atoms. The lowest BCUT2D eigenvalue weighted by molar-refractivity contribution is -0.161. The summed E-state index contributed by atoms with van der Waals surface area (Å²) in [6, 6.07) is 0. The summed E-state index contributed by atoms with van der Waals surface area (Å²) >= 11 is 0. The fourth-order valence-electron chi connectivity index (χ4n) is 10.3. The molecule has 0 saturated heterocycles. The average Bonchev–Trinajstić information content (AvgIpc) is 1.06. The van der Waals surface area contributed by atoms with Crippen molar-refractivity contribution >= 4 is 39.5 Å². The standard InChI is InChI=1S/C81H140O17P2/c1-5-9-13-17-21-25-29-33-36-37-40-43-46-50-54-58-62-66-79(84)92-72-77(98-81(86)68-64-60-56-52-48-44-39-35-31-27-23-19-15-11-7-3)74-96-100(89,90)94-70-75(82)69-93-99(87,88)95-73-76(97-80(85)67-63-59-55-51-47-41-32-28-24-20-16-12-8-4)71-91-78(83)65-61-57-53-49-45-42-38-34-30-26-22-18-14-10-6-2/h9-10,13-14,21-23,25-27,33-36,38-40,43,75-77,82H,5-8,11-12,15-20,24,28-32,37,41-42,44-74H2,1-4H3,(H,87,88)(H,89,90)/b13-9-,14-10-,25-21-,26-22-,27-23-,36-33-,38-34-,39-35-,43-40-. The van der Waals surface area contributed by atoms with E-state index >= 15 is 0 Å². The number of esters is 4. The summed E-state index contributed by atoms with van der Waals surface area (Å²) in [6.07, 6.45) is 77.8. The van der Waals surface area contributed by atoms with Gasteiger partial charge in [-0.1, -0.05) is 278 Å². The number of rotatable bonds is 73. The Morgan fingerprint density at radius 2 is 0.520 bits per heavy atom. The third-order valence-corrected chi connectivity index (χ3v) is 18.1. The number of allylic oxidation sites excluding steroid dienone is 18. The SMILES string of the molecule is CC/C=C\C/C=C\C/C=C\C/C=C\CCCCCCC(=O)OCC(COP(=O)(O)OCC(O)COP(=O)(O)OCC(COC(=O)CCCCCCC/C=C\C/C=C\C/C=C\CC)OC(=O)CCCCCCCCCCCCCCC)OC(=O)CCCCCCC/C=C\C/C=C\CCCCC. The van der Waals surface area contributed by atoms with Gasteiger partial charge in [0.25, 0.3) is 0 Å². The van der Waals surface area contributed by atoms with Crippen molar-refractivity contribution < 1.29 is 80.2 Å². The quantitative estimate of drug-likeness (QED) is 0.0169. The fraction of sp³-hybridized carbons (Fsp3) is 0.728. The topological polar surface area (TPSA) is 237 Å². The van der Waals surface area contributed by atoms with Crippen LogP contribution in [0, 0.1) is 0 Å². The highest BCUT2D eigenvalue weighted by molar-refractivity contribution is 7.47. The van der Waals surface area contributed by atoms with Gasteiger partial charge in [-0.15, -0.1) is 0 Å². The molecule has 100 heavy (non-hydrogen) atoms. The molecule has 0 heterocycles. The molecule has 576 valence electrons. The lowest BCUT2D eigenvalue weighted by Gasteiger charge is -2.21. The number of carbonyl (C=O) groups is 4. The van der Waals surface area contributed by atoms with Gasteiger partial charge < -0.3 is 33.8 Å². The summed E-state index contributed by atoms with van der Waals surface area (Å²) in [4.78, 5) is 72.9. The Labute approximate surface area is 607 Å². The molecule has 17 nitrogen and oxygen atoms in total. The predicted octanol–water partition coefficient (Wildman–Crippen LogP) is 22.6. The van der Waals surface area contributed by atoms with Crippen molar-refractivity contribution in [1.29, 1.82) is 0 Å². The van der Waals surface area contributed by atoms with Crippen LogP contribution in [0.3, 0.4) is 0 Å². The van der Waals surface area contributed by atoms with Crippen molar-refractivity contribution in [3.05, 3.63) is 109 Å². The average molecular weight is 1450 g/mol. The van der Waals surface area contributed by atoms with Gasteiger partial charge >= 0.3 is 39.5 Å². The van der Waals surface area contributed by atoms with Crippen LogP contribution >= 0.6 is 15.6 Å². The lowest BCUT2D eigenvalue weighted by Crippen LogP contribution is -2.30. The van der Waals surface area contributed by atoms with E-state index in [1.807, 2.05) is 0 Å². The number of phosphoric acid groups is 2. The second-order valence-corrected chi connectivity index (χ2v) is 28.8. The van der Waals surface area contributed by atoms with E-state index < -0.39 is 97.5 Å². The van der Waals surface area contributed by atoms with Gasteiger partial charge in [0.1, 0.15) is 19.3 Å². The van der Waals surface area contributed by atoms with Gasteiger partial charge in [-0.05, 0) is 128 Å². The summed E-state index contributed by atoms with van der Waals surface area (Å²) in [6.45, 7) is 4.59. The van der Waals surface area contributed by atoms with E-state index in [1.54, 1.807) is 0 Å². The third-order valence-electron chi connectivity index (χ3n) is 16.2. The monoisotopic (exact) mass is 1450 g/mol. The summed E-state index contributed by atoms with van der Waals surface area (Å²) in [5.74, 6) is -2.22. The number of unbranched alkanes of at least 4 members (excludes halogenated alkanes) is 29. The van der Waals surface area contributed by atoms with Gasteiger partial charge in [0.05, 0.1) is 26.4 Å². The number of aliphatic hydroxyl groups excluding tert-OH is 1. The molecule has 0 aromatic rings. The summed E-state index contributed by atoms with van der Waals surface area (Å²) < 4.78 is 68.5. The molecule has 3 N–H and O–H groups in total. The number of hydrogen-bond acceptors (Lipinski definition) is 15. The van der Waals surface area contributed by atoms with Gasteiger partial charge in [-0.25, -0.2) is 9.13 Å². The van der Waals surface area contributed by atoms with Crippen molar-refractivity contribution in [2.75, 3.05) is 39.6 Å². The molecule has 0 rings (SSSR count). The van der Waals surface area contributed by atoms with E-state index in [-0.39, 0.29) is 25.7 Å². The first-order valence-corrected chi connectivity index (χ1v) is 42.1. The Hall–Kier alpha value is -4.28. The fourth-order valence-corrected chi connectivity index (χ4v) is 11.9. The van der Waals surface area contributed by atoms with Crippen LogP contribution in [0.25, 0.3) is 0 Å². The highest BCUT2D eigenvalue weighted by Gasteiger charge is 2.30. The zero-order valence-corrected chi connectivity index (χ0v) is 64.6. The molecule has 0 radical (unpaired) electrons. The highest BCUT2D eigenvalue weighted by atomic mass is 31.2. The third kappa shape index (κ3) is 72.1. The highest BCUT2D eigenvalue weighted by Crippen LogP contribution is 2.45. The second-order valence-electron chi connectivity index (χ2n) is 25.9. The zero-order chi connectivity index (χ0) is 73.2. The van der Waals surface area contributed by atoms with E-state index in [9.17, 15) is 43.2 Å². The van der Waals surface area contributed by atoms with Crippen LogP contribution in [-0.4, -0.2) is 96.7 Å².